The van der Waals surface area contributed by atoms with E-state index in [0.717, 1.165) is 0 Å². The van der Waals surface area contributed by atoms with Crippen LogP contribution in [0, 0.1) is 0 Å². The van der Waals surface area contributed by atoms with E-state index in [0.29, 0.717) is 16.8 Å². The maximum absolute atomic E-state index is 11.6. The van der Waals surface area contributed by atoms with Crippen LogP contribution in [0.3, 0.4) is 0 Å². The average molecular weight is 244 g/mol. The van der Waals surface area contributed by atoms with Crippen molar-refractivity contribution in [2.24, 2.45) is 7.05 Å². The second-order valence-corrected chi connectivity index (χ2v) is 3.94. The van der Waals surface area contributed by atoms with Gasteiger partial charge in [-0.1, -0.05) is 18.2 Å². The Hall–Kier alpha value is -2.43. The molecule has 2 aromatic rings. The lowest BCUT2D eigenvalue weighted by Gasteiger charge is -2.06. The van der Waals surface area contributed by atoms with Crippen molar-refractivity contribution in [3.05, 3.63) is 41.7 Å². The number of rotatable bonds is 3. The van der Waals surface area contributed by atoms with Gasteiger partial charge >= 0.3 is 5.97 Å². The number of aromatic carboxylic acids is 1. The molecule has 0 radical (unpaired) electrons. The van der Waals surface area contributed by atoms with Crippen LogP contribution >= 0.6 is 0 Å². The molecular formula is C13H12N2O3. The van der Waals surface area contributed by atoms with Crippen LogP contribution in [0.25, 0.3) is 11.1 Å². The van der Waals surface area contributed by atoms with Gasteiger partial charge in [0.25, 0.3) is 0 Å². The first-order valence-corrected chi connectivity index (χ1v) is 5.38. The molecule has 0 aliphatic heterocycles. The fourth-order valence-corrected chi connectivity index (χ4v) is 1.96. The van der Waals surface area contributed by atoms with Crippen molar-refractivity contribution in [2.45, 2.75) is 6.92 Å². The van der Waals surface area contributed by atoms with Gasteiger partial charge in [-0.3, -0.25) is 9.48 Å². The van der Waals surface area contributed by atoms with Gasteiger partial charge in [0.15, 0.2) is 5.78 Å². The molecule has 5 heteroatoms. The quantitative estimate of drug-likeness (QED) is 0.838. The number of aryl methyl sites for hydroxylation is 1. The summed E-state index contributed by atoms with van der Waals surface area (Å²) in [6.07, 6.45) is 1.51. The van der Waals surface area contributed by atoms with Crippen molar-refractivity contribution in [3.8, 4) is 11.1 Å². The van der Waals surface area contributed by atoms with Crippen molar-refractivity contribution < 1.29 is 14.7 Å². The fourth-order valence-electron chi connectivity index (χ4n) is 1.96. The Morgan fingerprint density at radius 2 is 1.89 bits per heavy atom. The summed E-state index contributed by atoms with van der Waals surface area (Å²) >= 11 is 0. The van der Waals surface area contributed by atoms with Crippen molar-refractivity contribution >= 4 is 11.8 Å². The standard InChI is InChI=1S/C13H12N2O3/c1-8(16)12-11(7-14-15(12)2)9-5-3-4-6-10(9)13(17)18/h3-7H,1-2H3,(H,17,18). The Bertz CT molecular complexity index is 629. The molecule has 0 saturated carbocycles. The number of nitrogens with zero attached hydrogens (tertiary/aromatic N) is 2. The monoisotopic (exact) mass is 244 g/mol. The summed E-state index contributed by atoms with van der Waals surface area (Å²) in [5.74, 6) is -1.17. The summed E-state index contributed by atoms with van der Waals surface area (Å²) in [6.45, 7) is 1.43. The number of aromatic nitrogens is 2. The fraction of sp³-hybridized carbons (Fsp3) is 0.154. The van der Waals surface area contributed by atoms with Gasteiger partial charge in [-0.2, -0.15) is 5.10 Å². The Balaban J connectivity index is 2.70. The third-order valence-electron chi connectivity index (χ3n) is 2.72. The minimum Gasteiger partial charge on any atom is -0.478 e. The predicted octanol–water partition coefficient (Wildman–Crippen LogP) is 1.99. The first-order valence-electron chi connectivity index (χ1n) is 5.38. The second-order valence-electron chi connectivity index (χ2n) is 3.94. The average Bonchev–Trinajstić information content (AvgIpc) is 2.71. The number of carboxylic acids is 1. The maximum Gasteiger partial charge on any atom is 0.336 e. The lowest BCUT2D eigenvalue weighted by Crippen LogP contribution is -2.06. The molecule has 92 valence electrons. The zero-order chi connectivity index (χ0) is 13.3. The van der Waals surface area contributed by atoms with E-state index in [1.165, 1.54) is 23.9 Å². The van der Waals surface area contributed by atoms with Crippen LogP contribution in [0.2, 0.25) is 0 Å². The topological polar surface area (TPSA) is 72.2 Å². The molecular weight excluding hydrogens is 232 g/mol. The first-order chi connectivity index (χ1) is 8.52. The lowest BCUT2D eigenvalue weighted by molar-refractivity contribution is 0.0697. The Kier molecular flexibility index (Phi) is 2.97. The minimum absolute atomic E-state index is 0.148. The van der Waals surface area contributed by atoms with Crippen LogP contribution in [0.4, 0.5) is 0 Å². The van der Waals surface area contributed by atoms with Gasteiger partial charge in [-0.25, -0.2) is 4.79 Å². The number of ketones is 1. The van der Waals surface area contributed by atoms with E-state index < -0.39 is 5.97 Å². The number of hydrogen-bond donors (Lipinski definition) is 1. The third-order valence-corrected chi connectivity index (χ3v) is 2.72. The number of benzene rings is 1. The van der Waals surface area contributed by atoms with Crippen molar-refractivity contribution in [1.29, 1.82) is 0 Å². The van der Waals surface area contributed by atoms with E-state index >= 15 is 0 Å². The Morgan fingerprint density at radius 1 is 1.22 bits per heavy atom. The Labute approximate surface area is 104 Å². The van der Waals surface area contributed by atoms with Gasteiger partial charge in [0.05, 0.1) is 11.8 Å². The van der Waals surface area contributed by atoms with Crippen LogP contribution in [0.1, 0.15) is 27.8 Å². The molecule has 1 aromatic heterocycles. The number of carbonyl (C=O) groups excluding carboxylic acids is 1. The summed E-state index contributed by atoms with van der Waals surface area (Å²) in [5, 5.41) is 13.2. The summed E-state index contributed by atoms with van der Waals surface area (Å²) in [7, 11) is 1.66. The molecule has 1 heterocycles. The summed E-state index contributed by atoms with van der Waals surface area (Å²) < 4.78 is 1.45. The van der Waals surface area contributed by atoms with Crippen molar-refractivity contribution in [3.63, 3.8) is 0 Å². The second kappa shape index (κ2) is 4.44. The predicted molar refractivity (Wildman–Crippen MR) is 65.6 cm³/mol. The van der Waals surface area contributed by atoms with Crippen LogP contribution in [0.15, 0.2) is 30.5 Å². The van der Waals surface area contributed by atoms with Crippen LogP contribution in [-0.2, 0) is 7.05 Å². The highest BCUT2D eigenvalue weighted by molar-refractivity contribution is 6.03. The molecule has 0 amide bonds. The van der Waals surface area contributed by atoms with E-state index in [-0.39, 0.29) is 11.3 Å². The highest BCUT2D eigenvalue weighted by Gasteiger charge is 2.19. The normalized spacial score (nSPS) is 10.3. The number of carbonyl (C=O) groups is 2. The molecule has 18 heavy (non-hydrogen) atoms. The molecule has 0 bridgehead atoms. The third kappa shape index (κ3) is 1.90. The summed E-state index contributed by atoms with van der Waals surface area (Å²) in [4.78, 5) is 22.8. The highest BCUT2D eigenvalue weighted by Crippen LogP contribution is 2.27. The van der Waals surface area contributed by atoms with Gasteiger partial charge in [0.2, 0.25) is 0 Å². The molecule has 0 atom stereocenters. The zero-order valence-corrected chi connectivity index (χ0v) is 10.0. The molecule has 0 aliphatic rings. The number of hydrogen-bond acceptors (Lipinski definition) is 3. The van der Waals surface area contributed by atoms with Gasteiger partial charge in [0.1, 0.15) is 5.69 Å². The molecule has 1 aromatic carbocycles. The molecule has 0 fully saturated rings. The van der Waals surface area contributed by atoms with Gasteiger partial charge in [0, 0.05) is 25.1 Å². The molecule has 1 N–H and O–H groups in total. The lowest BCUT2D eigenvalue weighted by atomic mass is 9.99. The van der Waals surface area contributed by atoms with E-state index in [4.69, 9.17) is 5.11 Å². The number of Topliss-reactive ketones (excluding diaryl/α,β-unsaturated/α-hetero) is 1. The summed E-state index contributed by atoms with van der Waals surface area (Å²) in [6, 6.07) is 6.57. The van der Waals surface area contributed by atoms with E-state index in [2.05, 4.69) is 5.10 Å². The molecule has 5 nitrogen and oxygen atoms in total. The van der Waals surface area contributed by atoms with E-state index in [1.807, 2.05) is 0 Å². The van der Waals surface area contributed by atoms with E-state index in [9.17, 15) is 9.59 Å². The molecule has 0 saturated heterocycles. The van der Waals surface area contributed by atoms with E-state index in [1.54, 1.807) is 25.2 Å². The SMILES string of the molecule is CC(=O)c1c(-c2ccccc2C(=O)O)cnn1C. The molecule has 0 spiro atoms. The van der Waals surface area contributed by atoms with Gasteiger partial charge < -0.3 is 5.11 Å². The first kappa shape index (κ1) is 12.0. The van der Waals surface area contributed by atoms with Crippen LogP contribution < -0.4 is 0 Å². The van der Waals surface area contributed by atoms with Crippen LogP contribution in [0.5, 0.6) is 0 Å². The van der Waals surface area contributed by atoms with Crippen molar-refractivity contribution in [1.82, 2.24) is 9.78 Å². The smallest absolute Gasteiger partial charge is 0.336 e. The number of carboxylic acid groups (broad SMARTS) is 1. The highest BCUT2D eigenvalue weighted by atomic mass is 16.4. The minimum atomic E-state index is -1.02. The molecule has 0 aliphatic carbocycles. The Morgan fingerprint density at radius 3 is 2.50 bits per heavy atom. The molecule has 2 rings (SSSR count). The zero-order valence-electron chi connectivity index (χ0n) is 10.0. The maximum atomic E-state index is 11.6. The van der Waals surface area contributed by atoms with Gasteiger partial charge in [-0.15, -0.1) is 0 Å². The summed E-state index contributed by atoms with van der Waals surface area (Å²) in [5.41, 5.74) is 1.61. The molecule has 0 unspecified atom stereocenters. The van der Waals surface area contributed by atoms with Crippen molar-refractivity contribution in [2.75, 3.05) is 0 Å². The largest absolute Gasteiger partial charge is 0.478 e. The van der Waals surface area contributed by atoms with Gasteiger partial charge in [-0.05, 0) is 6.07 Å². The van der Waals surface area contributed by atoms with Crippen LogP contribution in [-0.4, -0.2) is 26.6 Å².